The maximum absolute atomic E-state index is 13.3. The van der Waals surface area contributed by atoms with Gasteiger partial charge in [0.05, 0.1) is 0 Å². The van der Waals surface area contributed by atoms with Crippen LogP contribution >= 0.6 is 0 Å². The smallest absolute Gasteiger partial charge is 0.252 e. The summed E-state index contributed by atoms with van der Waals surface area (Å²) in [5.74, 6) is -0.600. The molecule has 1 saturated heterocycles. The van der Waals surface area contributed by atoms with Crippen LogP contribution in [0.25, 0.3) is 0 Å². The predicted octanol–water partition coefficient (Wildman–Crippen LogP) is 3.10. The summed E-state index contributed by atoms with van der Waals surface area (Å²) in [6, 6.07) is 13.7. The van der Waals surface area contributed by atoms with E-state index >= 15 is 0 Å². The second-order valence-electron chi connectivity index (χ2n) is 7.08. The Balaban J connectivity index is 1.62. The fourth-order valence-electron chi connectivity index (χ4n) is 3.31. The molecule has 1 N–H and O–H groups in total. The van der Waals surface area contributed by atoms with Gasteiger partial charge in [0.15, 0.2) is 0 Å². The van der Waals surface area contributed by atoms with Crippen LogP contribution in [0, 0.1) is 12.7 Å². The Bertz CT molecular complexity index is 836. The largest absolute Gasteiger partial charge is 0.340 e. The van der Waals surface area contributed by atoms with Gasteiger partial charge in [-0.3, -0.25) is 9.59 Å². The van der Waals surface area contributed by atoms with Crippen molar-refractivity contribution in [1.29, 1.82) is 0 Å². The van der Waals surface area contributed by atoms with E-state index in [4.69, 9.17) is 0 Å². The Kier molecular flexibility index (Phi) is 5.07. The molecule has 1 heterocycles. The molecule has 0 aromatic heterocycles. The quantitative estimate of drug-likeness (QED) is 0.897. The summed E-state index contributed by atoms with van der Waals surface area (Å²) in [6.07, 6.45) is 1.15. The molecule has 2 aromatic carbocycles. The molecule has 2 amide bonds. The molecule has 0 radical (unpaired) electrons. The first-order chi connectivity index (χ1) is 12.4. The third-order valence-corrected chi connectivity index (χ3v) is 4.87. The van der Waals surface area contributed by atoms with Crippen LogP contribution in [-0.2, 0) is 11.2 Å². The maximum Gasteiger partial charge on any atom is 0.252 e. The van der Waals surface area contributed by atoms with Crippen molar-refractivity contribution in [3.8, 4) is 0 Å². The first-order valence-electron chi connectivity index (χ1n) is 8.80. The van der Waals surface area contributed by atoms with E-state index in [0.717, 1.165) is 11.1 Å². The maximum atomic E-state index is 13.3. The molecule has 0 spiro atoms. The summed E-state index contributed by atoms with van der Waals surface area (Å²) in [5, 5.41) is 2.90. The predicted molar refractivity (Wildman–Crippen MR) is 98.4 cm³/mol. The summed E-state index contributed by atoms with van der Waals surface area (Å²) in [4.78, 5) is 27.0. The third-order valence-electron chi connectivity index (χ3n) is 4.87. The zero-order valence-electron chi connectivity index (χ0n) is 15.1. The number of carbonyl (C=O) groups is 2. The van der Waals surface area contributed by atoms with Crippen LogP contribution in [0.4, 0.5) is 4.39 Å². The van der Waals surface area contributed by atoms with Crippen molar-refractivity contribution in [3.63, 3.8) is 0 Å². The highest BCUT2D eigenvalue weighted by molar-refractivity contribution is 5.99. The van der Waals surface area contributed by atoms with Crippen molar-refractivity contribution in [2.24, 2.45) is 0 Å². The van der Waals surface area contributed by atoms with Gasteiger partial charge in [-0.1, -0.05) is 29.8 Å². The van der Waals surface area contributed by atoms with E-state index in [1.165, 1.54) is 12.1 Å². The van der Waals surface area contributed by atoms with Crippen LogP contribution in [0.2, 0.25) is 0 Å². The Morgan fingerprint density at radius 2 is 2.00 bits per heavy atom. The van der Waals surface area contributed by atoms with Gasteiger partial charge in [0.25, 0.3) is 5.91 Å². The first kappa shape index (κ1) is 18.1. The van der Waals surface area contributed by atoms with Gasteiger partial charge in [-0.25, -0.2) is 4.39 Å². The zero-order chi connectivity index (χ0) is 18.7. The highest BCUT2D eigenvalue weighted by Gasteiger charge is 2.43. The van der Waals surface area contributed by atoms with Crippen LogP contribution in [0.5, 0.6) is 0 Å². The van der Waals surface area contributed by atoms with Crippen LogP contribution in [0.15, 0.2) is 48.5 Å². The standard InChI is InChI=1S/C21H23FN2O2/c1-15-5-3-7-17(13-15)19(25)23-21(2)10-12-24(20(21)26)11-9-16-6-4-8-18(22)14-16/h3-8,13-14H,9-12H2,1-2H3,(H,23,25). The van der Waals surface area contributed by atoms with Crippen molar-refractivity contribution in [2.45, 2.75) is 32.2 Å². The number of nitrogens with zero attached hydrogens (tertiary/aromatic N) is 1. The van der Waals surface area contributed by atoms with E-state index in [0.29, 0.717) is 31.5 Å². The van der Waals surface area contributed by atoms with Gasteiger partial charge >= 0.3 is 0 Å². The van der Waals surface area contributed by atoms with Crippen molar-refractivity contribution >= 4 is 11.8 Å². The molecule has 0 aliphatic carbocycles. The zero-order valence-corrected chi connectivity index (χ0v) is 15.1. The fourth-order valence-corrected chi connectivity index (χ4v) is 3.31. The molecule has 26 heavy (non-hydrogen) atoms. The van der Waals surface area contributed by atoms with Crippen molar-refractivity contribution in [1.82, 2.24) is 10.2 Å². The van der Waals surface area contributed by atoms with Gasteiger partial charge in [0.2, 0.25) is 5.91 Å². The fraction of sp³-hybridized carbons (Fsp3) is 0.333. The Hall–Kier alpha value is -2.69. The van der Waals surface area contributed by atoms with E-state index in [1.54, 1.807) is 30.0 Å². The lowest BCUT2D eigenvalue weighted by Gasteiger charge is -2.25. The molecule has 136 valence electrons. The number of aryl methyl sites for hydroxylation is 1. The van der Waals surface area contributed by atoms with Crippen LogP contribution in [0.1, 0.15) is 34.8 Å². The molecule has 5 heteroatoms. The second kappa shape index (κ2) is 7.28. The Morgan fingerprint density at radius 1 is 1.23 bits per heavy atom. The Labute approximate surface area is 153 Å². The topological polar surface area (TPSA) is 49.4 Å². The SMILES string of the molecule is Cc1cccc(C(=O)NC2(C)CCN(CCc3cccc(F)c3)C2=O)c1. The average molecular weight is 354 g/mol. The Morgan fingerprint density at radius 3 is 2.73 bits per heavy atom. The minimum atomic E-state index is -0.900. The molecule has 1 aliphatic rings. The molecular formula is C21H23FN2O2. The number of hydrogen-bond acceptors (Lipinski definition) is 2. The van der Waals surface area contributed by atoms with E-state index in [9.17, 15) is 14.0 Å². The highest BCUT2D eigenvalue weighted by atomic mass is 19.1. The lowest BCUT2D eigenvalue weighted by Crippen LogP contribution is -2.52. The summed E-state index contributed by atoms with van der Waals surface area (Å²) < 4.78 is 13.3. The molecule has 2 aromatic rings. The summed E-state index contributed by atoms with van der Waals surface area (Å²) in [6.45, 7) is 4.79. The van der Waals surface area contributed by atoms with Crippen molar-refractivity contribution in [2.75, 3.05) is 13.1 Å². The van der Waals surface area contributed by atoms with E-state index in [1.807, 2.05) is 25.1 Å². The summed E-state index contributed by atoms with van der Waals surface area (Å²) in [5.41, 5.74) is 1.51. The molecule has 0 bridgehead atoms. The minimum absolute atomic E-state index is 0.0880. The first-order valence-corrected chi connectivity index (χ1v) is 8.80. The molecule has 1 atom stereocenters. The molecule has 0 saturated carbocycles. The second-order valence-corrected chi connectivity index (χ2v) is 7.08. The minimum Gasteiger partial charge on any atom is -0.340 e. The summed E-state index contributed by atoms with van der Waals surface area (Å²) >= 11 is 0. The van der Waals surface area contributed by atoms with E-state index in [2.05, 4.69) is 5.32 Å². The molecular weight excluding hydrogens is 331 g/mol. The molecule has 1 aliphatic heterocycles. The number of benzene rings is 2. The number of halogens is 1. The number of carbonyl (C=O) groups excluding carboxylic acids is 2. The normalized spacial score (nSPS) is 19.7. The number of rotatable bonds is 5. The number of amides is 2. The number of likely N-dealkylation sites (tertiary alicyclic amines) is 1. The van der Waals surface area contributed by atoms with Gasteiger partial charge in [-0.05, 0) is 56.5 Å². The highest BCUT2D eigenvalue weighted by Crippen LogP contribution is 2.23. The molecule has 3 rings (SSSR count). The lowest BCUT2D eigenvalue weighted by atomic mass is 9.99. The molecule has 1 fully saturated rings. The average Bonchev–Trinajstić information content (AvgIpc) is 2.88. The van der Waals surface area contributed by atoms with Crippen LogP contribution in [-0.4, -0.2) is 35.3 Å². The molecule has 1 unspecified atom stereocenters. The van der Waals surface area contributed by atoms with E-state index < -0.39 is 5.54 Å². The third kappa shape index (κ3) is 3.93. The number of nitrogens with one attached hydrogen (secondary N) is 1. The summed E-state index contributed by atoms with van der Waals surface area (Å²) in [7, 11) is 0. The van der Waals surface area contributed by atoms with Gasteiger partial charge < -0.3 is 10.2 Å². The monoisotopic (exact) mass is 354 g/mol. The van der Waals surface area contributed by atoms with Crippen LogP contribution < -0.4 is 5.32 Å². The van der Waals surface area contributed by atoms with Gasteiger partial charge in [0.1, 0.15) is 11.4 Å². The van der Waals surface area contributed by atoms with Gasteiger partial charge in [0, 0.05) is 18.7 Å². The van der Waals surface area contributed by atoms with Crippen LogP contribution in [0.3, 0.4) is 0 Å². The lowest BCUT2D eigenvalue weighted by molar-refractivity contribution is -0.132. The van der Waals surface area contributed by atoms with Crippen molar-refractivity contribution in [3.05, 3.63) is 71.0 Å². The van der Waals surface area contributed by atoms with Gasteiger partial charge in [-0.2, -0.15) is 0 Å². The molecule has 4 nitrogen and oxygen atoms in total. The van der Waals surface area contributed by atoms with Gasteiger partial charge in [-0.15, -0.1) is 0 Å². The van der Waals surface area contributed by atoms with E-state index in [-0.39, 0.29) is 17.6 Å². The van der Waals surface area contributed by atoms with Crippen molar-refractivity contribution < 1.29 is 14.0 Å². The number of hydrogen-bond donors (Lipinski definition) is 1.